The van der Waals surface area contributed by atoms with Crippen LogP contribution < -0.4 is 10.6 Å². The monoisotopic (exact) mass is 276 g/mol. The molecule has 0 saturated heterocycles. The zero-order chi connectivity index (χ0) is 14.4. The number of nitrogens with one attached hydrogen (secondary N) is 2. The molecule has 1 atom stereocenters. The summed E-state index contributed by atoms with van der Waals surface area (Å²) in [6.45, 7) is 4.41. The van der Waals surface area contributed by atoms with E-state index in [2.05, 4.69) is 10.6 Å². The lowest BCUT2D eigenvalue weighted by Gasteiger charge is -2.20. The number of halogens is 1. The van der Waals surface area contributed by atoms with Crippen LogP contribution in [0.4, 0.5) is 4.39 Å². The van der Waals surface area contributed by atoms with Crippen LogP contribution in [0, 0.1) is 5.82 Å². The predicted octanol–water partition coefficient (Wildman–Crippen LogP) is 2.36. The lowest BCUT2D eigenvalue weighted by atomic mass is 9.95. The summed E-state index contributed by atoms with van der Waals surface area (Å²) >= 11 is 0. The Kier molecular flexibility index (Phi) is 5.44. The summed E-state index contributed by atoms with van der Waals surface area (Å²) in [6.07, 6.45) is 3.19. The summed E-state index contributed by atoms with van der Waals surface area (Å²) in [5.74, 6) is -0.0711. The predicted molar refractivity (Wildman–Crippen MR) is 78.0 cm³/mol. The zero-order valence-corrected chi connectivity index (χ0v) is 11.8. The highest BCUT2D eigenvalue weighted by Gasteiger charge is 2.18. The van der Waals surface area contributed by atoms with Gasteiger partial charge in [-0.1, -0.05) is 25.1 Å². The molecule has 2 rings (SSSR count). The molecular formula is C16H21FN2O. The molecule has 1 aromatic rings. The minimum Gasteiger partial charge on any atom is -0.313 e. The Morgan fingerprint density at radius 3 is 2.75 bits per heavy atom. The minimum absolute atomic E-state index is 0.0520. The zero-order valence-electron chi connectivity index (χ0n) is 11.8. The fourth-order valence-corrected chi connectivity index (χ4v) is 2.44. The van der Waals surface area contributed by atoms with Crippen LogP contribution >= 0.6 is 0 Å². The van der Waals surface area contributed by atoms with E-state index in [0.29, 0.717) is 6.42 Å². The van der Waals surface area contributed by atoms with Gasteiger partial charge in [-0.3, -0.25) is 4.79 Å². The van der Waals surface area contributed by atoms with Crippen LogP contribution in [0.1, 0.15) is 31.4 Å². The molecule has 0 bridgehead atoms. The van der Waals surface area contributed by atoms with E-state index in [-0.39, 0.29) is 17.6 Å². The topological polar surface area (TPSA) is 41.1 Å². The van der Waals surface area contributed by atoms with Crippen molar-refractivity contribution in [1.29, 1.82) is 0 Å². The minimum atomic E-state index is -0.253. The van der Waals surface area contributed by atoms with E-state index >= 15 is 0 Å². The molecule has 0 spiro atoms. The van der Waals surface area contributed by atoms with Crippen LogP contribution in [0.2, 0.25) is 0 Å². The van der Waals surface area contributed by atoms with Gasteiger partial charge < -0.3 is 10.6 Å². The maximum Gasteiger partial charge on any atom is 0.160 e. The fraction of sp³-hybridized carbons (Fsp3) is 0.438. The summed E-state index contributed by atoms with van der Waals surface area (Å²) < 4.78 is 13.0. The number of carbonyl (C=O) groups excluding carboxylic acids is 1. The molecule has 0 fully saturated rings. The Balaban J connectivity index is 2.06. The Morgan fingerprint density at radius 1 is 1.40 bits per heavy atom. The van der Waals surface area contributed by atoms with Crippen molar-refractivity contribution >= 4 is 5.78 Å². The van der Waals surface area contributed by atoms with Crippen LogP contribution in [0.25, 0.3) is 0 Å². The first kappa shape index (κ1) is 14.9. The number of hydrogen-bond acceptors (Lipinski definition) is 3. The molecule has 0 amide bonds. The van der Waals surface area contributed by atoms with Crippen molar-refractivity contribution < 1.29 is 9.18 Å². The smallest absolute Gasteiger partial charge is 0.160 e. The second-order valence-electron chi connectivity index (χ2n) is 4.97. The van der Waals surface area contributed by atoms with Crippen LogP contribution in [0.3, 0.4) is 0 Å². The first-order valence-electron chi connectivity index (χ1n) is 7.12. The number of ketones is 1. The lowest BCUT2D eigenvalue weighted by molar-refractivity contribution is -0.116. The third kappa shape index (κ3) is 3.99. The largest absolute Gasteiger partial charge is 0.313 e. The van der Waals surface area contributed by atoms with Crippen molar-refractivity contribution in [2.75, 3.05) is 19.6 Å². The number of carbonyl (C=O) groups is 1. The van der Waals surface area contributed by atoms with Crippen molar-refractivity contribution in [1.82, 2.24) is 10.6 Å². The molecule has 4 heteroatoms. The van der Waals surface area contributed by atoms with Gasteiger partial charge in [0, 0.05) is 19.0 Å². The van der Waals surface area contributed by atoms with Crippen molar-refractivity contribution in [2.45, 2.75) is 25.8 Å². The highest BCUT2D eigenvalue weighted by molar-refractivity contribution is 5.96. The molecule has 0 unspecified atom stereocenters. The molecule has 20 heavy (non-hydrogen) atoms. The molecule has 0 radical (unpaired) electrons. The fourth-order valence-electron chi connectivity index (χ4n) is 2.44. The van der Waals surface area contributed by atoms with Gasteiger partial charge in [-0.2, -0.15) is 0 Å². The van der Waals surface area contributed by atoms with Gasteiger partial charge in [0.15, 0.2) is 5.78 Å². The Bertz CT molecular complexity index is 482. The normalized spacial score (nSPS) is 16.6. The van der Waals surface area contributed by atoms with E-state index in [1.54, 1.807) is 12.1 Å². The Morgan fingerprint density at radius 2 is 2.15 bits per heavy atom. The lowest BCUT2D eigenvalue weighted by Crippen LogP contribution is -2.27. The summed E-state index contributed by atoms with van der Waals surface area (Å²) in [5, 5.41) is 6.50. The first-order chi connectivity index (χ1) is 9.70. The summed E-state index contributed by atoms with van der Waals surface area (Å²) in [7, 11) is 0. The van der Waals surface area contributed by atoms with Crippen LogP contribution in [-0.4, -0.2) is 25.4 Å². The van der Waals surface area contributed by atoms with E-state index in [9.17, 15) is 9.18 Å². The molecule has 0 saturated carbocycles. The molecule has 1 aliphatic heterocycles. The molecule has 0 aliphatic carbocycles. The van der Waals surface area contributed by atoms with Crippen LogP contribution in [-0.2, 0) is 4.79 Å². The van der Waals surface area contributed by atoms with Gasteiger partial charge in [0.1, 0.15) is 5.82 Å². The van der Waals surface area contributed by atoms with Crippen molar-refractivity contribution in [2.24, 2.45) is 0 Å². The molecule has 2 N–H and O–H groups in total. The molecule has 1 aliphatic rings. The number of rotatable bonds is 6. The molecule has 1 heterocycles. The van der Waals surface area contributed by atoms with Gasteiger partial charge in [0.05, 0.1) is 0 Å². The highest BCUT2D eigenvalue weighted by Crippen LogP contribution is 2.20. The SMILES string of the molecule is CCN[C@H](CC(=O)C1=CCNCC1)c1ccc(F)cc1. The van der Waals surface area contributed by atoms with Gasteiger partial charge in [0.25, 0.3) is 0 Å². The number of hydrogen-bond donors (Lipinski definition) is 2. The maximum atomic E-state index is 13.0. The second-order valence-corrected chi connectivity index (χ2v) is 4.97. The van der Waals surface area contributed by atoms with Gasteiger partial charge in [-0.05, 0) is 42.8 Å². The Hall–Kier alpha value is -1.52. The molecule has 3 nitrogen and oxygen atoms in total. The van der Waals surface area contributed by atoms with Crippen LogP contribution in [0.5, 0.6) is 0 Å². The number of benzene rings is 1. The third-order valence-corrected chi connectivity index (χ3v) is 3.53. The van der Waals surface area contributed by atoms with Crippen molar-refractivity contribution in [3.8, 4) is 0 Å². The van der Waals surface area contributed by atoms with Gasteiger partial charge >= 0.3 is 0 Å². The Labute approximate surface area is 119 Å². The standard InChI is InChI=1S/C16H21FN2O/c1-2-19-15(12-3-5-14(17)6-4-12)11-16(20)13-7-9-18-10-8-13/h3-7,15,18-19H,2,8-11H2,1H3/t15-/m1/s1. The summed E-state index contributed by atoms with van der Waals surface area (Å²) in [6, 6.07) is 6.31. The van der Waals surface area contributed by atoms with Crippen LogP contribution in [0.15, 0.2) is 35.9 Å². The number of Topliss-reactive ketones (excluding diaryl/α,β-unsaturated/α-hetero) is 1. The van der Waals surface area contributed by atoms with Gasteiger partial charge in [-0.15, -0.1) is 0 Å². The molecule has 1 aromatic carbocycles. The van der Waals surface area contributed by atoms with Gasteiger partial charge in [0.2, 0.25) is 0 Å². The average molecular weight is 276 g/mol. The highest BCUT2D eigenvalue weighted by atomic mass is 19.1. The third-order valence-electron chi connectivity index (χ3n) is 3.53. The van der Waals surface area contributed by atoms with E-state index in [1.165, 1.54) is 12.1 Å². The van der Waals surface area contributed by atoms with Crippen molar-refractivity contribution in [3.05, 3.63) is 47.3 Å². The molecular weight excluding hydrogens is 255 g/mol. The summed E-state index contributed by atoms with van der Waals surface area (Å²) in [4.78, 5) is 12.3. The second kappa shape index (κ2) is 7.31. The van der Waals surface area contributed by atoms with Gasteiger partial charge in [-0.25, -0.2) is 4.39 Å². The maximum absolute atomic E-state index is 13.0. The van der Waals surface area contributed by atoms with E-state index in [4.69, 9.17) is 0 Å². The average Bonchev–Trinajstić information content (AvgIpc) is 2.48. The summed E-state index contributed by atoms with van der Waals surface area (Å²) in [5.41, 5.74) is 1.87. The van der Waals surface area contributed by atoms with Crippen molar-refractivity contribution in [3.63, 3.8) is 0 Å². The first-order valence-corrected chi connectivity index (χ1v) is 7.12. The molecule has 0 aromatic heterocycles. The quantitative estimate of drug-likeness (QED) is 0.838. The van der Waals surface area contributed by atoms with E-state index in [1.807, 2.05) is 13.0 Å². The molecule has 108 valence electrons. The van der Waals surface area contributed by atoms with E-state index < -0.39 is 0 Å². The van der Waals surface area contributed by atoms with E-state index in [0.717, 1.165) is 37.2 Å².